The summed E-state index contributed by atoms with van der Waals surface area (Å²) in [4.78, 5) is 12.1. The SMILES string of the molecule is O=C1c2ccccc2S(=O)(=O)N1C[C@H](Cl)[C@@H](Cl)CCl. The molecule has 0 saturated carbocycles. The van der Waals surface area contributed by atoms with Crippen molar-refractivity contribution in [1.82, 2.24) is 4.31 Å². The van der Waals surface area contributed by atoms with Gasteiger partial charge in [-0.1, -0.05) is 12.1 Å². The van der Waals surface area contributed by atoms with Crippen molar-refractivity contribution in [2.75, 3.05) is 12.4 Å². The average molecular weight is 343 g/mol. The Kier molecular flexibility index (Phi) is 4.30. The molecular weight excluding hydrogens is 333 g/mol. The van der Waals surface area contributed by atoms with Crippen LogP contribution in [0.25, 0.3) is 0 Å². The van der Waals surface area contributed by atoms with Gasteiger partial charge in [0.15, 0.2) is 0 Å². The van der Waals surface area contributed by atoms with E-state index in [0.29, 0.717) is 0 Å². The van der Waals surface area contributed by atoms with Gasteiger partial charge in [-0.2, -0.15) is 0 Å². The highest BCUT2D eigenvalue weighted by molar-refractivity contribution is 7.90. The number of rotatable bonds is 4. The van der Waals surface area contributed by atoms with Crippen LogP contribution >= 0.6 is 34.8 Å². The van der Waals surface area contributed by atoms with Crippen LogP contribution in [0.3, 0.4) is 0 Å². The molecule has 0 fully saturated rings. The van der Waals surface area contributed by atoms with Crippen molar-refractivity contribution in [2.45, 2.75) is 15.6 Å². The number of carbonyl (C=O) groups excluding carboxylic acids is 1. The molecule has 0 N–H and O–H groups in total. The molecule has 2 atom stereocenters. The van der Waals surface area contributed by atoms with Crippen LogP contribution in [-0.2, 0) is 10.0 Å². The van der Waals surface area contributed by atoms with E-state index in [9.17, 15) is 13.2 Å². The molecule has 0 aromatic heterocycles. The highest BCUT2D eigenvalue weighted by Gasteiger charge is 2.42. The largest absolute Gasteiger partial charge is 0.269 e. The number of carbonyl (C=O) groups is 1. The summed E-state index contributed by atoms with van der Waals surface area (Å²) < 4.78 is 25.2. The number of benzene rings is 1. The van der Waals surface area contributed by atoms with Crippen molar-refractivity contribution in [3.63, 3.8) is 0 Å². The van der Waals surface area contributed by atoms with Gasteiger partial charge in [0.2, 0.25) is 0 Å². The summed E-state index contributed by atoms with van der Waals surface area (Å²) in [5, 5.41) is -1.36. The van der Waals surface area contributed by atoms with Crippen LogP contribution in [-0.4, -0.2) is 41.8 Å². The summed E-state index contributed by atoms with van der Waals surface area (Å²) in [6.07, 6.45) is 0. The molecular formula is C11H10Cl3NO3S. The first-order chi connectivity index (χ1) is 8.89. The molecule has 104 valence electrons. The van der Waals surface area contributed by atoms with E-state index in [4.69, 9.17) is 34.8 Å². The van der Waals surface area contributed by atoms with Gasteiger partial charge in [0.1, 0.15) is 4.90 Å². The normalized spacial score (nSPS) is 20.2. The zero-order valence-corrected chi connectivity index (χ0v) is 12.7. The number of alkyl halides is 3. The first-order valence-electron chi connectivity index (χ1n) is 5.39. The highest BCUT2D eigenvalue weighted by atomic mass is 35.5. The Morgan fingerprint density at radius 2 is 1.79 bits per heavy atom. The van der Waals surface area contributed by atoms with Crippen molar-refractivity contribution in [3.05, 3.63) is 29.8 Å². The Balaban J connectivity index is 2.33. The zero-order chi connectivity index (χ0) is 14.2. The summed E-state index contributed by atoms with van der Waals surface area (Å²) in [6, 6.07) is 6.04. The second-order valence-electron chi connectivity index (χ2n) is 4.02. The van der Waals surface area contributed by atoms with Gasteiger partial charge in [0.05, 0.1) is 22.9 Å². The maximum absolute atomic E-state index is 12.2. The molecule has 0 radical (unpaired) electrons. The van der Waals surface area contributed by atoms with E-state index >= 15 is 0 Å². The van der Waals surface area contributed by atoms with E-state index in [-0.39, 0.29) is 22.9 Å². The predicted molar refractivity (Wildman–Crippen MR) is 74.7 cm³/mol. The monoisotopic (exact) mass is 341 g/mol. The van der Waals surface area contributed by atoms with Gasteiger partial charge in [-0.15, -0.1) is 34.8 Å². The van der Waals surface area contributed by atoms with Crippen molar-refractivity contribution in [2.24, 2.45) is 0 Å². The van der Waals surface area contributed by atoms with Gasteiger partial charge < -0.3 is 0 Å². The molecule has 1 aromatic rings. The van der Waals surface area contributed by atoms with Gasteiger partial charge in [-0.05, 0) is 12.1 Å². The molecule has 1 aliphatic rings. The molecule has 1 aliphatic heterocycles. The lowest BCUT2D eigenvalue weighted by atomic mass is 10.2. The number of amides is 1. The first kappa shape index (κ1) is 14.9. The summed E-state index contributed by atoms with van der Waals surface area (Å²) in [7, 11) is -3.83. The predicted octanol–water partition coefficient (Wildman–Crippen LogP) is 2.28. The fraction of sp³-hybridized carbons (Fsp3) is 0.364. The topological polar surface area (TPSA) is 54.5 Å². The Labute approximate surface area is 126 Å². The average Bonchev–Trinajstić information content (AvgIpc) is 2.59. The number of hydrogen-bond donors (Lipinski definition) is 0. The third-order valence-electron chi connectivity index (χ3n) is 2.79. The van der Waals surface area contributed by atoms with Gasteiger partial charge in [0.25, 0.3) is 15.9 Å². The fourth-order valence-corrected chi connectivity index (χ4v) is 4.07. The molecule has 2 rings (SSSR count). The molecule has 19 heavy (non-hydrogen) atoms. The van der Waals surface area contributed by atoms with Crippen molar-refractivity contribution < 1.29 is 13.2 Å². The quantitative estimate of drug-likeness (QED) is 0.789. The second-order valence-corrected chi connectivity index (χ2v) is 7.28. The fourth-order valence-electron chi connectivity index (χ4n) is 1.78. The Morgan fingerprint density at radius 3 is 2.37 bits per heavy atom. The third-order valence-corrected chi connectivity index (χ3v) is 6.12. The number of fused-ring (bicyclic) bond motifs is 1. The van der Waals surface area contributed by atoms with E-state index in [1.165, 1.54) is 12.1 Å². The van der Waals surface area contributed by atoms with E-state index in [1.807, 2.05) is 0 Å². The molecule has 0 bridgehead atoms. The van der Waals surface area contributed by atoms with Crippen molar-refractivity contribution in [1.29, 1.82) is 0 Å². The van der Waals surface area contributed by atoms with Crippen LogP contribution in [0, 0.1) is 0 Å². The van der Waals surface area contributed by atoms with Crippen LogP contribution in [0.1, 0.15) is 10.4 Å². The lowest BCUT2D eigenvalue weighted by molar-refractivity contribution is 0.0871. The third kappa shape index (κ3) is 2.57. The molecule has 0 saturated heterocycles. The molecule has 0 unspecified atom stereocenters. The van der Waals surface area contributed by atoms with Crippen LogP contribution in [0.15, 0.2) is 29.2 Å². The maximum atomic E-state index is 12.2. The van der Waals surface area contributed by atoms with Crippen LogP contribution in [0.5, 0.6) is 0 Å². The summed E-state index contributed by atoms with van der Waals surface area (Å²) in [5.74, 6) is -0.509. The van der Waals surface area contributed by atoms with Gasteiger partial charge >= 0.3 is 0 Å². The summed E-state index contributed by atoms with van der Waals surface area (Å²) >= 11 is 17.4. The van der Waals surface area contributed by atoms with Crippen molar-refractivity contribution >= 4 is 50.7 Å². The Bertz CT molecular complexity index is 605. The van der Waals surface area contributed by atoms with Gasteiger partial charge in [-0.25, -0.2) is 12.7 Å². The zero-order valence-electron chi connectivity index (χ0n) is 9.59. The molecule has 1 aromatic carbocycles. The Morgan fingerprint density at radius 1 is 1.16 bits per heavy atom. The minimum Gasteiger partial charge on any atom is -0.268 e. The molecule has 8 heteroatoms. The van der Waals surface area contributed by atoms with E-state index in [2.05, 4.69) is 0 Å². The lowest BCUT2D eigenvalue weighted by Crippen LogP contribution is -2.38. The highest BCUT2D eigenvalue weighted by Crippen LogP contribution is 2.31. The number of nitrogens with zero attached hydrogens (tertiary/aromatic N) is 1. The maximum Gasteiger partial charge on any atom is 0.269 e. The minimum absolute atomic E-state index is 0.000799. The number of hydrogen-bond acceptors (Lipinski definition) is 3. The first-order valence-corrected chi connectivity index (χ1v) is 8.24. The van der Waals surface area contributed by atoms with Gasteiger partial charge in [-0.3, -0.25) is 4.79 Å². The summed E-state index contributed by atoms with van der Waals surface area (Å²) in [6.45, 7) is -0.196. The van der Waals surface area contributed by atoms with Crippen LogP contribution in [0.2, 0.25) is 0 Å². The molecule has 0 aliphatic carbocycles. The van der Waals surface area contributed by atoms with E-state index < -0.39 is 26.7 Å². The van der Waals surface area contributed by atoms with E-state index in [0.717, 1.165) is 4.31 Å². The van der Waals surface area contributed by atoms with Crippen LogP contribution in [0.4, 0.5) is 0 Å². The Hall–Kier alpha value is -0.490. The van der Waals surface area contributed by atoms with Crippen molar-refractivity contribution in [3.8, 4) is 0 Å². The minimum atomic E-state index is -3.83. The number of sulfonamides is 1. The molecule has 1 heterocycles. The second kappa shape index (κ2) is 5.48. The van der Waals surface area contributed by atoms with Gasteiger partial charge in [0, 0.05) is 5.88 Å². The number of halogens is 3. The summed E-state index contributed by atoms with van der Waals surface area (Å²) in [5.41, 5.74) is 0.156. The van der Waals surface area contributed by atoms with E-state index in [1.54, 1.807) is 12.1 Å². The molecule has 4 nitrogen and oxygen atoms in total. The lowest BCUT2D eigenvalue weighted by Gasteiger charge is -2.20. The standard InChI is InChI=1S/C11H10Cl3NO3S/c12-5-8(13)9(14)6-15-11(16)7-3-1-2-4-10(7)19(15,17)18/h1-4,8-9H,5-6H2/t8-,9-/m0/s1. The molecule has 1 amide bonds. The molecule has 0 spiro atoms. The van der Waals surface area contributed by atoms with Crippen LogP contribution < -0.4 is 0 Å². The smallest absolute Gasteiger partial charge is 0.268 e.